The molecule has 1 aromatic carbocycles. The van der Waals surface area contributed by atoms with E-state index in [1.165, 1.54) is 0 Å². The van der Waals surface area contributed by atoms with Crippen LogP contribution in [0.15, 0.2) is 61.4 Å². The number of piperidine rings is 1. The van der Waals surface area contributed by atoms with Crippen molar-refractivity contribution in [1.29, 1.82) is 0 Å². The maximum atomic E-state index is 12.7. The number of hydrogen-bond donors (Lipinski definition) is 0. The molecular formula is C21H23N5O2. The fourth-order valence-electron chi connectivity index (χ4n) is 3.49. The lowest BCUT2D eigenvalue weighted by atomic mass is 9.93. The van der Waals surface area contributed by atoms with Crippen molar-refractivity contribution in [3.05, 3.63) is 67.1 Å². The molecule has 144 valence electrons. The summed E-state index contributed by atoms with van der Waals surface area (Å²) in [5, 5.41) is 0. The maximum absolute atomic E-state index is 12.7. The minimum absolute atomic E-state index is 0.0283. The molecule has 1 aliphatic rings. The Balaban J connectivity index is 1.35. The van der Waals surface area contributed by atoms with Crippen molar-refractivity contribution in [2.24, 2.45) is 0 Å². The summed E-state index contributed by atoms with van der Waals surface area (Å²) in [4.78, 5) is 27.7. The number of ether oxygens (including phenoxy) is 1. The van der Waals surface area contributed by atoms with Gasteiger partial charge in [-0.15, -0.1) is 0 Å². The van der Waals surface area contributed by atoms with E-state index < -0.39 is 6.10 Å². The molecule has 1 aliphatic heterocycles. The number of carbonyl (C=O) groups is 1. The minimum atomic E-state index is -0.497. The standard InChI is InChI=1S/C21H23N5O2/c1-16(28-18-5-3-2-4-6-18)21(27)25-10-7-17(8-11-25)19-13-23-14-20(24-19)26-12-9-22-15-26/h2-6,9,12-17H,7-8,10-11H2,1H3. The van der Waals surface area contributed by atoms with E-state index in [-0.39, 0.29) is 5.91 Å². The van der Waals surface area contributed by atoms with Crippen LogP contribution in [0.2, 0.25) is 0 Å². The van der Waals surface area contributed by atoms with Gasteiger partial charge in [-0.1, -0.05) is 18.2 Å². The molecule has 1 atom stereocenters. The van der Waals surface area contributed by atoms with Crippen molar-refractivity contribution in [1.82, 2.24) is 24.4 Å². The van der Waals surface area contributed by atoms with E-state index in [0.717, 1.165) is 24.4 Å². The van der Waals surface area contributed by atoms with Gasteiger partial charge in [0, 0.05) is 37.6 Å². The van der Waals surface area contributed by atoms with Crippen LogP contribution in [0, 0.1) is 0 Å². The number of para-hydroxylation sites is 1. The Kier molecular flexibility index (Phi) is 5.32. The first-order valence-electron chi connectivity index (χ1n) is 9.51. The van der Waals surface area contributed by atoms with Gasteiger partial charge in [0.25, 0.3) is 5.91 Å². The molecule has 0 saturated carbocycles. The summed E-state index contributed by atoms with van der Waals surface area (Å²) in [6.07, 6.45) is 10.1. The van der Waals surface area contributed by atoms with E-state index in [0.29, 0.717) is 24.8 Å². The van der Waals surface area contributed by atoms with Crippen molar-refractivity contribution in [3.8, 4) is 11.6 Å². The Morgan fingerprint density at radius 2 is 1.93 bits per heavy atom. The average Bonchev–Trinajstić information content (AvgIpc) is 3.29. The van der Waals surface area contributed by atoms with Crippen molar-refractivity contribution >= 4 is 5.91 Å². The van der Waals surface area contributed by atoms with E-state index in [1.54, 1.807) is 18.7 Å². The summed E-state index contributed by atoms with van der Waals surface area (Å²) in [7, 11) is 0. The molecule has 7 nitrogen and oxygen atoms in total. The van der Waals surface area contributed by atoms with E-state index in [9.17, 15) is 4.79 Å². The zero-order valence-electron chi connectivity index (χ0n) is 15.8. The van der Waals surface area contributed by atoms with Gasteiger partial charge in [0.2, 0.25) is 0 Å². The number of amides is 1. The summed E-state index contributed by atoms with van der Waals surface area (Å²) in [5.41, 5.74) is 0.965. The summed E-state index contributed by atoms with van der Waals surface area (Å²) in [6.45, 7) is 3.20. The molecule has 4 rings (SSSR count). The molecule has 1 unspecified atom stereocenters. The second-order valence-corrected chi connectivity index (χ2v) is 6.94. The monoisotopic (exact) mass is 377 g/mol. The van der Waals surface area contributed by atoms with Gasteiger partial charge in [-0.3, -0.25) is 14.3 Å². The lowest BCUT2D eigenvalue weighted by molar-refractivity contribution is -0.139. The van der Waals surface area contributed by atoms with Crippen LogP contribution in [0.1, 0.15) is 31.4 Å². The summed E-state index contributed by atoms with van der Waals surface area (Å²) < 4.78 is 7.62. The van der Waals surface area contributed by atoms with E-state index >= 15 is 0 Å². The van der Waals surface area contributed by atoms with Crippen molar-refractivity contribution < 1.29 is 9.53 Å². The molecule has 3 aromatic rings. The number of rotatable bonds is 5. The Morgan fingerprint density at radius 3 is 2.64 bits per heavy atom. The number of carbonyl (C=O) groups excluding carboxylic acids is 1. The van der Waals surface area contributed by atoms with Crippen molar-refractivity contribution in [3.63, 3.8) is 0 Å². The molecule has 1 amide bonds. The lowest BCUT2D eigenvalue weighted by Gasteiger charge is -2.33. The van der Waals surface area contributed by atoms with E-state index in [2.05, 4.69) is 9.97 Å². The highest BCUT2D eigenvalue weighted by atomic mass is 16.5. The maximum Gasteiger partial charge on any atom is 0.263 e. The normalized spacial score (nSPS) is 16.0. The van der Waals surface area contributed by atoms with Gasteiger partial charge >= 0.3 is 0 Å². The zero-order chi connectivity index (χ0) is 19.3. The lowest BCUT2D eigenvalue weighted by Crippen LogP contribution is -2.44. The first-order chi connectivity index (χ1) is 13.7. The van der Waals surface area contributed by atoms with Gasteiger partial charge in [0.1, 0.15) is 12.1 Å². The fraction of sp³-hybridized carbons (Fsp3) is 0.333. The summed E-state index contributed by atoms with van der Waals surface area (Å²) >= 11 is 0. The highest BCUT2D eigenvalue weighted by Crippen LogP contribution is 2.27. The second-order valence-electron chi connectivity index (χ2n) is 6.94. The van der Waals surface area contributed by atoms with Crippen LogP contribution in [0.3, 0.4) is 0 Å². The largest absolute Gasteiger partial charge is 0.481 e. The highest BCUT2D eigenvalue weighted by Gasteiger charge is 2.28. The molecule has 1 saturated heterocycles. The Bertz CT molecular complexity index is 906. The van der Waals surface area contributed by atoms with E-state index in [1.807, 2.05) is 59.1 Å². The van der Waals surface area contributed by atoms with E-state index in [4.69, 9.17) is 9.72 Å². The molecule has 0 bridgehead atoms. The smallest absolute Gasteiger partial charge is 0.263 e. The SMILES string of the molecule is CC(Oc1ccccc1)C(=O)N1CCC(c2cncc(-n3ccnc3)n2)CC1. The molecule has 2 aromatic heterocycles. The number of imidazole rings is 1. The van der Waals surface area contributed by atoms with Crippen molar-refractivity contribution in [2.45, 2.75) is 31.8 Å². The predicted octanol–water partition coefficient (Wildman–Crippen LogP) is 2.84. The Morgan fingerprint density at radius 1 is 1.14 bits per heavy atom. The van der Waals surface area contributed by atoms with Crippen LogP contribution in [0.4, 0.5) is 0 Å². The van der Waals surface area contributed by atoms with Crippen LogP contribution >= 0.6 is 0 Å². The molecule has 0 radical (unpaired) electrons. The molecular weight excluding hydrogens is 354 g/mol. The topological polar surface area (TPSA) is 73.1 Å². The summed E-state index contributed by atoms with van der Waals surface area (Å²) in [6, 6.07) is 9.45. The molecule has 0 aliphatic carbocycles. The Hall–Kier alpha value is -3.22. The number of benzene rings is 1. The number of aromatic nitrogens is 4. The molecule has 0 N–H and O–H groups in total. The minimum Gasteiger partial charge on any atom is -0.481 e. The number of nitrogens with zero attached hydrogens (tertiary/aromatic N) is 5. The van der Waals surface area contributed by atoms with Crippen LogP contribution in [0.5, 0.6) is 5.75 Å². The van der Waals surface area contributed by atoms with Crippen LogP contribution in [0.25, 0.3) is 5.82 Å². The third-order valence-electron chi connectivity index (χ3n) is 5.04. The van der Waals surface area contributed by atoms with Crippen LogP contribution < -0.4 is 4.74 Å². The van der Waals surface area contributed by atoms with Gasteiger partial charge < -0.3 is 9.64 Å². The first kappa shape index (κ1) is 18.2. The second kappa shape index (κ2) is 8.21. The average molecular weight is 377 g/mol. The number of hydrogen-bond acceptors (Lipinski definition) is 5. The molecule has 7 heteroatoms. The third kappa shape index (κ3) is 4.03. The molecule has 0 spiro atoms. The fourth-order valence-corrected chi connectivity index (χ4v) is 3.49. The predicted molar refractivity (Wildman–Crippen MR) is 104 cm³/mol. The summed E-state index contributed by atoms with van der Waals surface area (Å²) in [5.74, 6) is 1.80. The number of likely N-dealkylation sites (tertiary alicyclic amines) is 1. The van der Waals surface area contributed by atoms with Crippen LogP contribution in [-0.2, 0) is 4.79 Å². The molecule has 3 heterocycles. The zero-order valence-corrected chi connectivity index (χ0v) is 15.8. The first-order valence-corrected chi connectivity index (χ1v) is 9.51. The van der Waals surface area contributed by atoms with Crippen molar-refractivity contribution in [2.75, 3.05) is 13.1 Å². The van der Waals surface area contributed by atoms with Gasteiger partial charge in [0.15, 0.2) is 11.9 Å². The van der Waals surface area contributed by atoms with Gasteiger partial charge in [0.05, 0.1) is 11.9 Å². The Labute approximate surface area is 164 Å². The quantitative estimate of drug-likeness (QED) is 0.684. The molecule has 1 fully saturated rings. The van der Waals surface area contributed by atoms with Gasteiger partial charge in [-0.25, -0.2) is 9.97 Å². The van der Waals surface area contributed by atoms with Crippen LogP contribution in [-0.4, -0.2) is 49.5 Å². The van der Waals surface area contributed by atoms with Gasteiger partial charge in [-0.2, -0.15) is 0 Å². The molecule has 28 heavy (non-hydrogen) atoms. The third-order valence-corrected chi connectivity index (χ3v) is 5.04. The highest BCUT2D eigenvalue weighted by molar-refractivity contribution is 5.81. The van der Waals surface area contributed by atoms with Gasteiger partial charge in [-0.05, 0) is 31.9 Å².